The summed E-state index contributed by atoms with van der Waals surface area (Å²) in [7, 11) is 0. The maximum atomic E-state index is 13.4. The minimum absolute atomic E-state index is 0.0135. The highest BCUT2D eigenvalue weighted by molar-refractivity contribution is 9.10. The Kier molecular flexibility index (Phi) is 5.46. The second kappa shape index (κ2) is 8.06. The highest BCUT2D eigenvalue weighted by atomic mass is 79.9. The van der Waals surface area contributed by atoms with E-state index in [9.17, 15) is 18.4 Å². The molecule has 0 spiro atoms. The third kappa shape index (κ3) is 4.30. The number of halogens is 3. The average molecular weight is 479 g/mol. The second-order valence-electron chi connectivity index (χ2n) is 6.80. The van der Waals surface area contributed by atoms with Gasteiger partial charge in [-0.05, 0) is 35.9 Å². The molecular formula is C21H17BrF2N2O4. The molecule has 0 N–H and O–H groups in total. The first kappa shape index (κ1) is 20.3. The molecule has 0 atom stereocenters. The summed E-state index contributed by atoms with van der Waals surface area (Å²) in [4.78, 5) is 28.4. The molecule has 0 radical (unpaired) electrons. The largest absolute Gasteiger partial charge is 0.586 e. The molecular weight excluding hydrogens is 462 g/mol. The van der Waals surface area contributed by atoms with Gasteiger partial charge in [-0.15, -0.1) is 8.78 Å². The number of alkyl halides is 2. The quantitative estimate of drug-likeness (QED) is 0.630. The van der Waals surface area contributed by atoms with Crippen LogP contribution >= 0.6 is 15.9 Å². The third-order valence-electron chi connectivity index (χ3n) is 4.83. The van der Waals surface area contributed by atoms with Gasteiger partial charge in [-0.3, -0.25) is 9.59 Å². The van der Waals surface area contributed by atoms with Gasteiger partial charge in [0.05, 0.1) is 5.56 Å². The maximum Gasteiger partial charge on any atom is 0.586 e. The van der Waals surface area contributed by atoms with Crippen LogP contribution in [-0.2, 0) is 4.79 Å². The first-order valence-electron chi connectivity index (χ1n) is 9.23. The molecule has 2 aromatic carbocycles. The fourth-order valence-corrected chi connectivity index (χ4v) is 3.55. The summed E-state index contributed by atoms with van der Waals surface area (Å²) in [5.41, 5.74) is 0.914. The van der Waals surface area contributed by atoms with Crippen LogP contribution in [0.15, 0.2) is 53.0 Å². The molecule has 2 heterocycles. The fraction of sp³-hybridized carbons (Fsp3) is 0.238. The van der Waals surface area contributed by atoms with Gasteiger partial charge in [0.2, 0.25) is 5.91 Å². The van der Waals surface area contributed by atoms with E-state index >= 15 is 0 Å². The topological polar surface area (TPSA) is 59.1 Å². The van der Waals surface area contributed by atoms with E-state index in [-0.39, 0.29) is 36.1 Å². The van der Waals surface area contributed by atoms with Gasteiger partial charge in [-0.1, -0.05) is 34.1 Å². The smallest absolute Gasteiger partial charge is 0.395 e. The van der Waals surface area contributed by atoms with E-state index in [0.717, 1.165) is 10.0 Å². The zero-order valence-electron chi connectivity index (χ0n) is 15.7. The van der Waals surface area contributed by atoms with E-state index in [4.69, 9.17) is 0 Å². The molecule has 0 unspecified atom stereocenters. The highest BCUT2D eigenvalue weighted by Gasteiger charge is 2.45. The number of fused-ring (bicyclic) bond motifs is 1. The summed E-state index contributed by atoms with van der Waals surface area (Å²) in [6.07, 6.45) is -0.555. The van der Waals surface area contributed by atoms with Crippen LogP contribution in [0.25, 0.3) is 6.08 Å². The van der Waals surface area contributed by atoms with Gasteiger partial charge < -0.3 is 19.3 Å². The average Bonchev–Trinajstić information content (AvgIpc) is 3.06. The Balaban J connectivity index is 1.37. The van der Waals surface area contributed by atoms with Crippen LogP contribution in [-0.4, -0.2) is 54.1 Å². The van der Waals surface area contributed by atoms with Gasteiger partial charge >= 0.3 is 6.29 Å². The summed E-state index contributed by atoms with van der Waals surface area (Å²) >= 11 is 3.36. The van der Waals surface area contributed by atoms with Crippen molar-refractivity contribution in [3.05, 3.63) is 64.1 Å². The van der Waals surface area contributed by atoms with Crippen molar-refractivity contribution in [2.75, 3.05) is 26.2 Å². The number of rotatable bonds is 3. The maximum absolute atomic E-state index is 13.4. The molecule has 0 aliphatic carbocycles. The van der Waals surface area contributed by atoms with Gasteiger partial charge in [0.15, 0.2) is 11.5 Å². The van der Waals surface area contributed by atoms with Crippen molar-refractivity contribution >= 4 is 33.8 Å². The van der Waals surface area contributed by atoms with Crippen molar-refractivity contribution in [1.82, 2.24) is 9.80 Å². The fourth-order valence-electron chi connectivity index (χ4n) is 3.28. The standard InChI is InChI=1S/C21H17BrF2N2O4/c22-15-7-4-14(5-8-15)6-9-18(27)25-10-12-26(13-11-25)20(28)16-2-1-3-17-19(16)30-21(23,24)29-17/h1-9H,10-13H2/b9-6+. The third-order valence-corrected chi connectivity index (χ3v) is 5.35. The molecule has 2 aliphatic rings. The van der Waals surface area contributed by atoms with E-state index < -0.39 is 12.2 Å². The van der Waals surface area contributed by atoms with Crippen LogP contribution in [0, 0.1) is 0 Å². The molecule has 9 heteroatoms. The molecule has 1 saturated heterocycles. The van der Waals surface area contributed by atoms with E-state index in [0.29, 0.717) is 13.1 Å². The Bertz CT molecular complexity index is 1000. The SMILES string of the molecule is O=C(/C=C/c1ccc(Br)cc1)N1CCN(C(=O)c2cccc3c2OC(F)(F)O3)CC1. The minimum atomic E-state index is -3.79. The predicted octanol–water partition coefficient (Wildman–Crippen LogP) is 3.77. The zero-order chi connectivity index (χ0) is 21.3. The van der Waals surface area contributed by atoms with Gasteiger partial charge in [-0.2, -0.15) is 0 Å². The molecule has 4 rings (SSSR count). The molecule has 2 aliphatic heterocycles. The molecule has 1 fully saturated rings. The number of ether oxygens (including phenoxy) is 2. The van der Waals surface area contributed by atoms with E-state index in [1.54, 1.807) is 11.0 Å². The summed E-state index contributed by atoms with van der Waals surface area (Å²) in [6, 6.07) is 11.8. The van der Waals surface area contributed by atoms with Crippen molar-refractivity contribution < 1.29 is 27.8 Å². The van der Waals surface area contributed by atoms with Gasteiger partial charge in [0, 0.05) is 36.7 Å². The molecule has 0 bridgehead atoms. The molecule has 0 saturated carbocycles. The van der Waals surface area contributed by atoms with Gasteiger partial charge in [0.1, 0.15) is 0 Å². The van der Waals surface area contributed by atoms with Crippen molar-refractivity contribution in [3.63, 3.8) is 0 Å². The van der Waals surface area contributed by atoms with Crippen LogP contribution in [0.1, 0.15) is 15.9 Å². The number of nitrogens with zero attached hydrogens (tertiary/aromatic N) is 2. The first-order valence-corrected chi connectivity index (χ1v) is 10.0. The number of amides is 2. The summed E-state index contributed by atoms with van der Waals surface area (Å²) < 4.78 is 36.6. The van der Waals surface area contributed by atoms with Crippen LogP contribution in [0.5, 0.6) is 11.5 Å². The van der Waals surface area contributed by atoms with Crippen molar-refractivity contribution in [1.29, 1.82) is 0 Å². The second-order valence-corrected chi connectivity index (χ2v) is 7.72. The molecule has 0 aromatic heterocycles. The summed E-state index contributed by atoms with van der Waals surface area (Å²) in [5.74, 6) is -1.02. The molecule has 2 aromatic rings. The van der Waals surface area contributed by atoms with Crippen molar-refractivity contribution in [3.8, 4) is 11.5 Å². The van der Waals surface area contributed by atoms with Crippen LogP contribution in [0.3, 0.4) is 0 Å². The number of carbonyl (C=O) groups excluding carboxylic acids is 2. The number of hydrogen-bond acceptors (Lipinski definition) is 4. The van der Waals surface area contributed by atoms with E-state index in [2.05, 4.69) is 25.4 Å². The highest BCUT2D eigenvalue weighted by Crippen LogP contribution is 2.43. The Morgan fingerprint density at radius 1 is 0.967 bits per heavy atom. The Hall–Kier alpha value is -2.94. The number of hydrogen-bond donors (Lipinski definition) is 0. The van der Waals surface area contributed by atoms with E-state index in [1.165, 1.54) is 29.2 Å². The Labute approximate surface area is 179 Å². The van der Waals surface area contributed by atoms with Gasteiger partial charge in [-0.25, -0.2) is 0 Å². The van der Waals surface area contributed by atoms with E-state index in [1.807, 2.05) is 24.3 Å². The Morgan fingerprint density at radius 2 is 1.63 bits per heavy atom. The lowest BCUT2D eigenvalue weighted by atomic mass is 10.1. The normalized spacial score (nSPS) is 17.4. The van der Waals surface area contributed by atoms with Crippen molar-refractivity contribution in [2.24, 2.45) is 0 Å². The first-order chi connectivity index (χ1) is 14.3. The molecule has 6 nitrogen and oxygen atoms in total. The van der Waals surface area contributed by atoms with Crippen LogP contribution in [0.4, 0.5) is 8.78 Å². The number of piperazine rings is 1. The summed E-state index contributed by atoms with van der Waals surface area (Å²) in [6.45, 7) is 1.27. The monoisotopic (exact) mass is 478 g/mol. The summed E-state index contributed by atoms with van der Waals surface area (Å²) in [5, 5.41) is 0. The lowest BCUT2D eigenvalue weighted by Crippen LogP contribution is -2.50. The minimum Gasteiger partial charge on any atom is -0.395 e. The van der Waals surface area contributed by atoms with Gasteiger partial charge in [0.25, 0.3) is 5.91 Å². The van der Waals surface area contributed by atoms with Crippen LogP contribution < -0.4 is 9.47 Å². The number of carbonyl (C=O) groups is 2. The molecule has 156 valence electrons. The lowest BCUT2D eigenvalue weighted by molar-refractivity contribution is -0.286. The number of benzene rings is 2. The zero-order valence-corrected chi connectivity index (χ0v) is 17.3. The number of para-hydroxylation sites is 1. The Morgan fingerprint density at radius 3 is 2.33 bits per heavy atom. The predicted molar refractivity (Wildman–Crippen MR) is 108 cm³/mol. The van der Waals surface area contributed by atoms with Crippen molar-refractivity contribution in [2.45, 2.75) is 6.29 Å². The lowest BCUT2D eigenvalue weighted by Gasteiger charge is -2.34. The molecule has 30 heavy (non-hydrogen) atoms. The molecule has 2 amide bonds. The van der Waals surface area contributed by atoms with Crippen LogP contribution in [0.2, 0.25) is 0 Å².